The van der Waals surface area contributed by atoms with E-state index in [4.69, 9.17) is 21.1 Å². The van der Waals surface area contributed by atoms with Gasteiger partial charge in [-0.15, -0.1) is 0 Å². The number of hydrogen-bond donors (Lipinski definition) is 1. The first-order chi connectivity index (χ1) is 14.3. The Balaban J connectivity index is 1.76. The molecule has 0 bridgehead atoms. The first-order valence-electron chi connectivity index (χ1n) is 9.55. The van der Waals surface area contributed by atoms with Gasteiger partial charge in [-0.1, -0.05) is 17.7 Å². The molecule has 1 fully saturated rings. The summed E-state index contributed by atoms with van der Waals surface area (Å²) in [4.78, 5) is 12.8. The molecule has 0 aliphatic carbocycles. The third-order valence-corrected chi connectivity index (χ3v) is 7.46. The Kier molecular flexibility index (Phi) is 6.90. The zero-order valence-electron chi connectivity index (χ0n) is 17.1. The minimum atomic E-state index is -3.77. The van der Waals surface area contributed by atoms with Gasteiger partial charge < -0.3 is 14.8 Å². The average molecular weight is 453 g/mol. The topological polar surface area (TPSA) is 84.9 Å². The highest BCUT2D eigenvalue weighted by Crippen LogP contribution is 2.32. The van der Waals surface area contributed by atoms with Gasteiger partial charge in [0, 0.05) is 29.9 Å². The minimum Gasteiger partial charge on any atom is -0.493 e. The van der Waals surface area contributed by atoms with Gasteiger partial charge in [-0.05, 0) is 49.6 Å². The van der Waals surface area contributed by atoms with Crippen molar-refractivity contribution >= 4 is 33.2 Å². The summed E-state index contributed by atoms with van der Waals surface area (Å²) in [6.07, 6.45) is 1.21. The number of carbonyl (C=O) groups is 1. The average Bonchev–Trinajstić information content (AvgIpc) is 2.75. The predicted molar refractivity (Wildman–Crippen MR) is 116 cm³/mol. The Morgan fingerprint density at radius 1 is 1.13 bits per heavy atom. The number of halogens is 1. The summed E-state index contributed by atoms with van der Waals surface area (Å²) in [7, 11) is -0.836. The number of sulfonamides is 1. The molecule has 1 atom stereocenters. The Hall–Kier alpha value is -2.29. The third-order valence-electron chi connectivity index (χ3n) is 5.19. The molecule has 2 aromatic rings. The summed E-state index contributed by atoms with van der Waals surface area (Å²) in [6, 6.07) is 9.77. The van der Waals surface area contributed by atoms with E-state index in [9.17, 15) is 13.2 Å². The molecule has 30 heavy (non-hydrogen) atoms. The second-order valence-corrected chi connectivity index (χ2v) is 9.52. The van der Waals surface area contributed by atoms with E-state index in [0.29, 0.717) is 41.6 Å². The van der Waals surface area contributed by atoms with Crippen LogP contribution in [0.5, 0.6) is 11.5 Å². The standard InChI is InChI=1S/C21H25ClN2O5S/c1-14-6-7-16(11-18(14)22)23-21(25)15-5-4-10-24(13-15)30(26,27)17-8-9-19(28-2)20(12-17)29-3/h6-9,11-12,15H,4-5,10,13H2,1-3H3,(H,23,25). The number of nitrogens with zero attached hydrogens (tertiary/aromatic N) is 1. The van der Waals surface area contributed by atoms with Crippen LogP contribution in [0.4, 0.5) is 5.69 Å². The molecule has 1 N–H and O–H groups in total. The molecule has 1 unspecified atom stereocenters. The Morgan fingerprint density at radius 3 is 2.53 bits per heavy atom. The van der Waals surface area contributed by atoms with Crippen LogP contribution in [0.1, 0.15) is 18.4 Å². The first-order valence-corrected chi connectivity index (χ1v) is 11.4. The molecule has 3 rings (SSSR count). The second kappa shape index (κ2) is 9.24. The van der Waals surface area contributed by atoms with E-state index in [1.54, 1.807) is 18.2 Å². The first kappa shape index (κ1) is 22.4. The Bertz CT molecular complexity index is 1040. The lowest BCUT2D eigenvalue weighted by Crippen LogP contribution is -2.43. The summed E-state index contributed by atoms with van der Waals surface area (Å²) in [6.45, 7) is 2.35. The Labute approximate surface area is 182 Å². The van der Waals surface area contributed by atoms with Gasteiger partial charge in [-0.3, -0.25) is 4.79 Å². The number of amides is 1. The van der Waals surface area contributed by atoms with Crippen LogP contribution < -0.4 is 14.8 Å². The fraction of sp³-hybridized carbons (Fsp3) is 0.381. The summed E-state index contributed by atoms with van der Waals surface area (Å²) in [5.41, 5.74) is 1.51. The maximum Gasteiger partial charge on any atom is 0.243 e. The summed E-state index contributed by atoms with van der Waals surface area (Å²) in [5, 5.41) is 3.41. The van der Waals surface area contributed by atoms with Gasteiger partial charge in [0.2, 0.25) is 15.9 Å². The molecule has 0 saturated carbocycles. The molecule has 0 radical (unpaired) electrons. The molecule has 1 amide bonds. The molecule has 1 saturated heterocycles. The number of nitrogens with one attached hydrogen (secondary N) is 1. The smallest absolute Gasteiger partial charge is 0.243 e. The van der Waals surface area contributed by atoms with Crippen LogP contribution >= 0.6 is 11.6 Å². The highest BCUT2D eigenvalue weighted by Gasteiger charge is 2.33. The number of hydrogen-bond acceptors (Lipinski definition) is 5. The molecule has 7 nitrogen and oxygen atoms in total. The van der Waals surface area contributed by atoms with E-state index < -0.39 is 15.9 Å². The second-order valence-electron chi connectivity index (χ2n) is 7.17. The van der Waals surface area contributed by atoms with Crippen LogP contribution in [-0.2, 0) is 14.8 Å². The van der Waals surface area contributed by atoms with Crippen molar-refractivity contribution < 1.29 is 22.7 Å². The number of carbonyl (C=O) groups excluding carboxylic acids is 1. The van der Waals surface area contributed by atoms with E-state index in [0.717, 1.165) is 5.56 Å². The summed E-state index contributed by atoms with van der Waals surface area (Å²) < 4.78 is 38.0. The fourth-order valence-electron chi connectivity index (χ4n) is 3.42. The van der Waals surface area contributed by atoms with Gasteiger partial charge in [0.05, 0.1) is 25.0 Å². The van der Waals surface area contributed by atoms with E-state index in [2.05, 4.69) is 5.32 Å². The SMILES string of the molecule is COc1ccc(S(=O)(=O)N2CCCC(C(=O)Nc3ccc(C)c(Cl)c3)C2)cc1OC. The highest BCUT2D eigenvalue weighted by molar-refractivity contribution is 7.89. The van der Waals surface area contributed by atoms with Crippen LogP contribution in [0.15, 0.2) is 41.3 Å². The van der Waals surface area contributed by atoms with Crippen LogP contribution in [0.25, 0.3) is 0 Å². The normalized spacial score (nSPS) is 17.4. The van der Waals surface area contributed by atoms with Crippen LogP contribution in [-0.4, -0.2) is 45.9 Å². The summed E-state index contributed by atoms with van der Waals surface area (Å²) >= 11 is 6.12. The van der Waals surface area contributed by atoms with Crippen molar-refractivity contribution in [3.8, 4) is 11.5 Å². The third kappa shape index (κ3) is 4.71. The maximum absolute atomic E-state index is 13.1. The van der Waals surface area contributed by atoms with Gasteiger partial charge in [-0.2, -0.15) is 4.31 Å². The van der Waals surface area contributed by atoms with Crippen molar-refractivity contribution in [2.45, 2.75) is 24.7 Å². The largest absolute Gasteiger partial charge is 0.493 e. The van der Waals surface area contributed by atoms with Crippen molar-refractivity contribution in [2.24, 2.45) is 5.92 Å². The molecule has 1 aliphatic heterocycles. The molecule has 1 aliphatic rings. The van der Waals surface area contributed by atoms with E-state index in [1.165, 1.54) is 30.7 Å². The lowest BCUT2D eigenvalue weighted by molar-refractivity contribution is -0.120. The minimum absolute atomic E-state index is 0.103. The Morgan fingerprint density at radius 2 is 1.87 bits per heavy atom. The zero-order valence-corrected chi connectivity index (χ0v) is 18.7. The summed E-state index contributed by atoms with van der Waals surface area (Å²) in [5.74, 6) is 0.112. The molecule has 9 heteroatoms. The van der Waals surface area contributed by atoms with Gasteiger partial charge in [0.1, 0.15) is 0 Å². The van der Waals surface area contributed by atoms with Crippen molar-refractivity contribution in [3.63, 3.8) is 0 Å². The molecule has 1 heterocycles. The van der Waals surface area contributed by atoms with Crippen molar-refractivity contribution in [1.82, 2.24) is 4.31 Å². The predicted octanol–water partition coefficient (Wildman–Crippen LogP) is 3.71. The lowest BCUT2D eigenvalue weighted by Gasteiger charge is -2.31. The maximum atomic E-state index is 13.1. The number of aryl methyl sites for hydroxylation is 1. The number of piperidine rings is 1. The number of rotatable bonds is 6. The van der Waals surface area contributed by atoms with Crippen LogP contribution in [0.2, 0.25) is 5.02 Å². The molecule has 2 aromatic carbocycles. The fourth-order valence-corrected chi connectivity index (χ4v) is 5.14. The van der Waals surface area contributed by atoms with Gasteiger partial charge in [-0.25, -0.2) is 8.42 Å². The van der Waals surface area contributed by atoms with Gasteiger partial charge >= 0.3 is 0 Å². The van der Waals surface area contributed by atoms with E-state index in [1.807, 2.05) is 13.0 Å². The van der Waals surface area contributed by atoms with Gasteiger partial charge in [0.15, 0.2) is 11.5 Å². The molecule has 0 spiro atoms. The van der Waals surface area contributed by atoms with Crippen LogP contribution in [0, 0.1) is 12.8 Å². The number of anilines is 1. The van der Waals surface area contributed by atoms with Crippen molar-refractivity contribution in [1.29, 1.82) is 0 Å². The van der Waals surface area contributed by atoms with Crippen LogP contribution in [0.3, 0.4) is 0 Å². The molecule has 162 valence electrons. The molecular weight excluding hydrogens is 428 g/mol. The quantitative estimate of drug-likeness (QED) is 0.722. The van der Waals surface area contributed by atoms with Crippen molar-refractivity contribution in [2.75, 3.05) is 32.6 Å². The number of benzene rings is 2. The monoisotopic (exact) mass is 452 g/mol. The number of ether oxygens (including phenoxy) is 2. The molecular formula is C21H25ClN2O5S. The lowest BCUT2D eigenvalue weighted by atomic mass is 9.98. The van der Waals surface area contributed by atoms with Gasteiger partial charge in [0.25, 0.3) is 0 Å². The molecule has 0 aromatic heterocycles. The zero-order chi connectivity index (χ0) is 21.9. The van der Waals surface area contributed by atoms with E-state index in [-0.39, 0.29) is 17.3 Å². The number of methoxy groups -OCH3 is 2. The van der Waals surface area contributed by atoms with E-state index >= 15 is 0 Å². The van der Waals surface area contributed by atoms with Crippen molar-refractivity contribution in [3.05, 3.63) is 47.0 Å². The highest BCUT2D eigenvalue weighted by atomic mass is 35.5.